The zero-order chi connectivity index (χ0) is 24.3. The van der Waals surface area contributed by atoms with E-state index in [1.807, 2.05) is 31.2 Å². The SMILES string of the molecule is Cc1coc(CC(=O)Nc2cc(C3(C(=O)O)CCC3)ccc2N(CC(C)C)C2CCOCC2)c1. The Hall–Kier alpha value is -2.80. The Morgan fingerprint density at radius 1 is 1.21 bits per heavy atom. The number of ether oxygens (including phenoxy) is 1. The number of anilines is 2. The molecule has 7 heteroatoms. The summed E-state index contributed by atoms with van der Waals surface area (Å²) in [5.74, 6) is 0.0619. The highest BCUT2D eigenvalue weighted by molar-refractivity contribution is 5.96. The first kappa shape index (κ1) is 24.3. The lowest BCUT2D eigenvalue weighted by Gasteiger charge is -2.40. The van der Waals surface area contributed by atoms with Crippen LogP contribution < -0.4 is 10.2 Å². The van der Waals surface area contributed by atoms with Crippen molar-refractivity contribution in [3.05, 3.63) is 47.4 Å². The first-order valence-corrected chi connectivity index (χ1v) is 12.3. The molecule has 184 valence electrons. The van der Waals surface area contributed by atoms with Crippen LogP contribution in [0.1, 0.15) is 62.8 Å². The third kappa shape index (κ3) is 5.14. The second-order valence-electron chi connectivity index (χ2n) is 10.2. The van der Waals surface area contributed by atoms with Gasteiger partial charge in [0.05, 0.1) is 29.5 Å². The first-order valence-electron chi connectivity index (χ1n) is 12.3. The van der Waals surface area contributed by atoms with Gasteiger partial charge in [-0.15, -0.1) is 0 Å². The molecule has 2 N–H and O–H groups in total. The van der Waals surface area contributed by atoms with E-state index < -0.39 is 11.4 Å². The molecular formula is C27H36N2O5. The molecular weight excluding hydrogens is 432 g/mol. The molecule has 0 radical (unpaired) electrons. The van der Waals surface area contributed by atoms with Gasteiger partial charge >= 0.3 is 5.97 Å². The molecule has 2 aromatic rings. The number of carboxylic acids is 1. The Morgan fingerprint density at radius 3 is 2.50 bits per heavy atom. The highest BCUT2D eigenvalue weighted by Gasteiger charge is 2.46. The lowest BCUT2D eigenvalue weighted by atomic mass is 9.64. The van der Waals surface area contributed by atoms with Gasteiger partial charge in [-0.2, -0.15) is 0 Å². The predicted octanol–water partition coefficient (Wildman–Crippen LogP) is 4.92. The lowest BCUT2D eigenvalue weighted by molar-refractivity contribution is -0.147. The summed E-state index contributed by atoms with van der Waals surface area (Å²) >= 11 is 0. The standard InChI is InChI=1S/C27H36N2O5/c1-18(2)16-29(21-7-11-33-12-8-21)24-6-5-20(27(26(31)32)9-4-10-27)14-23(24)28-25(30)15-22-13-19(3)17-34-22/h5-6,13-14,17-18,21H,4,7-12,15-16H2,1-3H3,(H,28,30)(H,31,32). The number of carbonyl (C=O) groups is 2. The van der Waals surface area contributed by atoms with Crippen LogP contribution in [0.2, 0.25) is 0 Å². The van der Waals surface area contributed by atoms with Crippen molar-refractivity contribution in [2.45, 2.75) is 70.8 Å². The fraction of sp³-hybridized carbons (Fsp3) is 0.556. The Labute approximate surface area is 201 Å². The number of nitrogens with one attached hydrogen (secondary N) is 1. The molecule has 1 aliphatic carbocycles. The minimum Gasteiger partial charge on any atom is -0.481 e. The molecule has 1 aromatic heterocycles. The summed E-state index contributed by atoms with van der Waals surface area (Å²) in [4.78, 5) is 27.6. The first-order chi connectivity index (χ1) is 16.3. The van der Waals surface area contributed by atoms with Gasteiger partial charge in [0.25, 0.3) is 0 Å². The molecule has 2 fully saturated rings. The van der Waals surface area contributed by atoms with E-state index in [-0.39, 0.29) is 12.3 Å². The highest BCUT2D eigenvalue weighted by Crippen LogP contribution is 2.46. The van der Waals surface area contributed by atoms with Gasteiger partial charge in [0.2, 0.25) is 5.91 Å². The van der Waals surface area contributed by atoms with E-state index in [4.69, 9.17) is 9.15 Å². The summed E-state index contributed by atoms with van der Waals surface area (Å²) in [6.45, 7) is 8.58. The average molecular weight is 469 g/mol. The van der Waals surface area contributed by atoms with Crippen molar-refractivity contribution in [1.82, 2.24) is 0 Å². The van der Waals surface area contributed by atoms with Crippen molar-refractivity contribution in [3.8, 4) is 0 Å². The van der Waals surface area contributed by atoms with E-state index >= 15 is 0 Å². The lowest BCUT2D eigenvalue weighted by Crippen LogP contribution is -2.43. The van der Waals surface area contributed by atoms with Gasteiger partial charge in [-0.05, 0) is 67.9 Å². The Balaban J connectivity index is 1.69. The number of aryl methyl sites for hydroxylation is 1. The van der Waals surface area contributed by atoms with Crippen molar-refractivity contribution in [2.75, 3.05) is 30.0 Å². The maximum Gasteiger partial charge on any atom is 0.314 e. The summed E-state index contributed by atoms with van der Waals surface area (Å²) < 4.78 is 11.1. The van der Waals surface area contributed by atoms with Crippen LogP contribution >= 0.6 is 0 Å². The molecule has 1 saturated carbocycles. The van der Waals surface area contributed by atoms with E-state index in [1.54, 1.807) is 6.26 Å². The number of amides is 1. The van der Waals surface area contributed by atoms with Gasteiger partial charge in [0.15, 0.2) is 0 Å². The molecule has 0 spiro atoms. The maximum atomic E-state index is 13.0. The molecule has 4 rings (SSSR count). The van der Waals surface area contributed by atoms with E-state index in [0.717, 1.165) is 55.8 Å². The second kappa shape index (κ2) is 10.2. The molecule has 34 heavy (non-hydrogen) atoms. The largest absolute Gasteiger partial charge is 0.481 e. The third-order valence-electron chi connectivity index (χ3n) is 7.06. The van der Waals surface area contributed by atoms with Crippen molar-refractivity contribution in [1.29, 1.82) is 0 Å². The molecule has 2 heterocycles. The van der Waals surface area contributed by atoms with Crippen LogP contribution in [0.5, 0.6) is 0 Å². The summed E-state index contributed by atoms with van der Waals surface area (Å²) in [7, 11) is 0. The van der Waals surface area contributed by atoms with Crippen LogP contribution in [-0.2, 0) is 26.2 Å². The number of benzene rings is 1. The summed E-state index contributed by atoms with van der Waals surface area (Å²) in [5.41, 5.74) is 2.48. The van der Waals surface area contributed by atoms with Crippen LogP contribution in [0.4, 0.5) is 11.4 Å². The summed E-state index contributed by atoms with van der Waals surface area (Å²) in [6.07, 6.45) is 5.75. The number of carbonyl (C=O) groups excluding carboxylic acids is 1. The Kier molecular flexibility index (Phi) is 7.31. The highest BCUT2D eigenvalue weighted by atomic mass is 16.5. The number of furan rings is 1. The van der Waals surface area contributed by atoms with Crippen LogP contribution in [-0.4, -0.2) is 42.8 Å². The molecule has 1 aromatic carbocycles. The average Bonchev–Trinajstić information content (AvgIpc) is 3.16. The van der Waals surface area contributed by atoms with Crippen molar-refractivity contribution in [2.24, 2.45) is 5.92 Å². The molecule has 2 aliphatic rings. The van der Waals surface area contributed by atoms with Crippen molar-refractivity contribution < 1.29 is 23.8 Å². The maximum absolute atomic E-state index is 13.0. The van der Waals surface area contributed by atoms with Gasteiger partial charge in [-0.1, -0.05) is 26.3 Å². The smallest absolute Gasteiger partial charge is 0.314 e. The van der Waals surface area contributed by atoms with Gasteiger partial charge in [-0.3, -0.25) is 9.59 Å². The molecule has 1 saturated heterocycles. The van der Waals surface area contributed by atoms with Crippen LogP contribution in [0, 0.1) is 12.8 Å². The molecule has 0 bridgehead atoms. The zero-order valence-electron chi connectivity index (χ0n) is 20.4. The van der Waals surface area contributed by atoms with Gasteiger partial charge in [0.1, 0.15) is 5.76 Å². The monoisotopic (exact) mass is 468 g/mol. The van der Waals surface area contributed by atoms with Crippen molar-refractivity contribution >= 4 is 23.3 Å². The van der Waals surface area contributed by atoms with Crippen molar-refractivity contribution in [3.63, 3.8) is 0 Å². The van der Waals surface area contributed by atoms with E-state index in [1.165, 1.54) is 0 Å². The number of hydrogen-bond donors (Lipinski definition) is 2. The predicted molar refractivity (Wildman–Crippen MR) is 131 cm³/mol. The summed E-state index contributed by atoms with van der Waals surface area (Å²) in [6, 6.07) is 8.00. The van der Waals surface area contributed by atoms with E-state index in [0.29, 0.717) is 36.2 Å². The normalized spacial score (nSPS) is 17.9. The Morgan fingerprint density at radius 2 is 1.94 bits per heavy atom. The quantitative estimate of drug-likeness (QED) is 0.543. The molecule has 0 unspecified atom stereocenters. The van der Waals surface area contributed by atoms with Gasteiger partial charge in [0, 0.05) is 25.8 Å². The molecule has 1 aliphatic heterocycles. The summed E-state index contributed by atoms with van der Waals surface area (Å²) in [5, 5.41) is 13.1. The fourth-order valence-corrected chi connectivity index (χ4v) is 5.11. The number of rotatable bonds is 9. The Bertz CT molecular complexity index is 1020. The number of aliphatic carboxylic acids is 1. The minimum absolute atomic E-state index is 0.128. The van der Waals surface area contributed by atoms with E-state index in [9.17, 15) is 14.7 Å². The molecule has 7 nitrogen and oxygen atoms in total. The number of carboxylic acid groups (broad SMARTS) is 1. The molecule has 1 amide bonds. The third-order valence-corrected chi connectivity index (χ3v) is 7.06. The number of hydrogen-bond acceptors (Lipinski definition) is 5. The van der Waals surface area contributed by atoms with Crippen LogP contribution in [0.3, 0.4) is 0 Å². The van der Waals surface area contributed by atoms with Crippen LogP contribution in [0.25, 0.3) is 0 Å². The topological polar surface area (TPSA) is 92.0 Å². The second-order valence-corrected chi connectivity index (χ2v) is 10.2. The van der Waals surface area contributed by atoms with Gasteiger partial charge < -0.3 is 24.5 Å². The van der Waals surface area contributed by atoms with Gasteiger partial charge in [-0.25, -0.2) is 0 Å². The molecule has 0 atom stereocenters. The van der Waals surface area contributed by atoms with E-state index in [2.05, 4.69) is 24.1 Å². The zero-order valence-corrected chi connectivity index (χ0v) is 20.4. The number of nitrogens with zero attached hydrogens (tertiary/aromatic N) is 1. The fourth-order valence-electron chi connectivity index (χ4n) is 5.11. The minimum atomic E-state index is -0.863. The van der Waals surface area contributed by atoms with Crippen LogP contribution in [0.15, 0.2) is 34.9 Å².